The van der Waals surface area contributed by atoms with Crippen molar-refractivity contribution in [1.29, 1.82) is 0 Å². The molecule has 0 unspecified atom stereocenters. The second-order valence-corrected chi connectivity index (χ2v) is 3.29. The molecule has 0 bridgehead atoms. The highest BCUT2D eigenvalue weighted by molar-refractivity contribution is 7.98. The van der Waals surface area contributed by atoms with Crippen LogP contribution in [0.25, 0.3) is 5.65 Å². The lowest BCUT2D eigenvalue weighted by Gasteiger charge is -1.99. The quantitative estimate of drug-likeness (QED) is 0.398. The van der Waals surface area contributed by atoms with E-state index in [0.29, 0.717) is 5.15 Å². The molecule has 12 heavy (non-hydrogen) atoms. The number of hydrogen-bond donors (Lipinski definition) is 0. The van der Waals surface area contributed by atoms with E-state index < -0.39 is 0 Å². The smallest absolute Gasteiger partial charge is 0.176 e. The van der Waals surface area contributed by atoms with Crippen LogP contribution >= 0.6 is 23.4 Å². The van der Waals surface area contributed by atoms with Crippen LogP contribution in [-0.2, 0) is 0 Å². The fourth-order valence-corrected chi connectivity index (χ4v) is 1.67. The van der Waals surface area contributed by atoms with Crippen LogP contribution in [0.5, 0.6) is 0 Å². The largest absolute Gasteiger partial charge is 0.260 e. The topological polar surface area (TPSA) is 43.1 Å². The molecule has 0 aliphatic carbocycles. The summed E-state index contributed by atoms with van der Waals surface area (Å²) >= 11 is 7.26. The van der Waals surface area contributed by atoms with E-state index in [1.54, 1.807) is 16.8 Å². The summed E-state index contributed by atoms with van der Waals surface area (Å²) in [6.07, 6.45) is 3.54. The molecule has 0 amide bonds. The van der Waals surface area contributed by atoms with Gasteiger partial charge in [-0.15, -0.1) is 10.2 Å². The first-order valence-electron chi connectivity index (χ1n) is 3.21. The summed E-state index contributed by atoms with van der Waals surface area (Å²) in [6, 6.07) is 1.67. The average Bonchev–Trinajstić information content (AvgIpc) is 2.50. The van der Waals surface area contributed by atoms with Crippen molar-refractivity contribution in [2.24, 2.45) is 0 Å². The first-order valence-corrected chi connectivity index (χ1v) is 4.82. The lowest BCUT2D eigenvalue weighted by Crippen LogP contribution is -1.92. The van der Waals surface area contributed by atoms with Gasteiger partial charge in [0, 0.05) is 6.07 Å². The van der Waals surface area contributed by atoms with Crippen LogP contribution in [0.15, 0.2) is 17.6 Å². The highest BCUT2D eigenvalue weighted by Crippen LogP contribution is 2.16. The van der Waals surface area contributed by atoms with E-state index in [-0.39, 0.29) is 0 Å². The third-order valence-corrected chi connectivity index (χ3v) is 2.26. The molecule has 0 fully saturated rings. The summed E-state index contributed by atoms with van der Waals surface area (Å²) in [4.78, 5) is 4.10. The lowest BCUT2D eigenvalue weighted by atomic mass is 10.6. The molecule has 0 aromatic carbocycles. The molecule has 0 aliphatic heterocycles. The van der Waals surface area contributed by atoms with E-state index in [1.165, 1.54) is 11.8 Å². The maximum atomic E-state index is 5.75. The molecule has 0 saturated heterocycles. The first kappa shape index (κ1) is 7.82. The normalized spacial score (nSPS) is 10.8. The number of rotatable bonds is 1. The van der Waals surface area contributed by atoms with Crippen molar-refractivity contribution in [3.05, 3.63) is 17.5 Å². The highest BCUT2D eigenvalue weighted by atomic mass is 35.5. The predicted octanol–water partition coefficient (Wildman–Crippen LogP) is 1.50. The standard InChI is InChI=1S/C6H5ClN4S/c1-12-6-9-4(7)2-5-10-8-3-11(5)6/h2-3H,1H3. The maximum Gasteiger partial charge on any atom is 0.176 e. The van der Waals surface area contributed by atoms with E-state index in [1.807, 2.05) is 6.26 Å². The van der Waals surface area contributed by atoms with E-state index in [4.69, 9.17) is 11.6 Å². The Labute approximate surface area is 78.0 Å². The third kappa shape index (κ3) is 1.15. The van der Waals surface area contributed by atoms with Gasteiger partial charge in [-0.2, -0.15) is 0 Å². The molecule has 2 aromatic rings. The molecule has 2 rings (SSSR count). The Hall–Kier alpha value is -0.810. The minimum Gasteiger partial charge on any atom is -0.260 e. The van der Waals surface area contributed by atoms with Crippen molar-refractivity contribution in [3.8, 4) is 0 Å². The van der Waals surface area contributed by atoms with E-state index in [2.05, 4.69) is 15.2 Å². The fraction of sp³-hybridized carbons (Fsp3) is 0.167. The Morgan fingerprint density at radius 3 is 3.17 bits per heavy atom. The summed E-state index contributed by atoms with van der Waals surface area (Å²) in [6.45, 7) is 0. The molecule has 2 aromatic heterocycles. The minimum absolute atomic E-state index is 0.444. The number of fused-ring (bicyclic) bond motifs is 1. The number of thioether (sulfide) groups is 1. The van der Waals surface area contributed by atoms with Crippen LogP contribution in [0, 0.1) is 0 Å². The number of hydrogen-bond acceptors (Lipinski definition) is 4. The van der Waals surface area contributed by atoms with Crippen LogP contribution in [0.3, 0.4) is 0 Å². The SMILES string of the molecule is CSc1nc(Cl)cc2nncn12. The van der Waals surface area contributed by atoms with Gasteiger partial charge < -0.3 is 0 Å². The summed E-state index contributed by atoms with van der Waals surface area (Å²) in [5.74, 6) is 0. The maximum absolute atomic E-state index is 5.75. The van der Waals surface area contributed by atoms with Gasteiger partial charge in [0.1, 0.15) is 11.5 Å². The minimum atomic E-state index is 0.444. The molecule has 0 aliphatic rings. The van der Waals surface area contributed by atoms with Crippen LogP contribution in [0.4, 0.5) is 0 Å². The van der Waals surface area contributed by atoms with E-state index in [0.717, 1.165) is 10.8 Å². The van der Waals surface area contributed by atoms with Crippen molar-refractivity contribution >= 4 is 29.0 Å². The molecular formula is C6H5ClN4S. The van der Waals surface area contributed by atoms with Gasteiger partial charge >= 0.3 is 0 Å². The van der Waals surface area contributed by atoms with Crippen LogP contribution < -0.4 is 0 Å². The molecule has 0 saturated carbocycles. The van der Waals surface area contributed by atoms with Gasteiger partial charge in [0.05, 0.1) is 0 Å². The van der Waals surface area contributed by atoms with Crippen LogP contribution in [0.2, 0.25) is 5.15 Å². The Bertz CT molecular complexity index is 413. The molecular weight excluding hydrogens is 196 g/mol. The van der Waals surface area contributed by atoms with Crippen molar-refractivity contribution in [2.45, 2.75) is 5.16 Å². The van der Waals surface area contributed by atoms with Gasteiger partial charge in [-0.3, -0.25) is 4.40 Å². The van der Waals surface area contributed by atoms with Crippen LogP contribution in [0.1, 0.15) is 0 Å². The predicted molar refractivity (Wildman–Crippen MR) is 47.6 cm³/mol. The van der Waals surface area contributed by atoms with Crippen molar-refractivity contribution in [3.63, 3.8) is 0 Å². The molecule has 0 radical (unpaired) electrons. The zero-order chi connectivity index (χ0) is 8.55. The Kier molecular flexibility index (Phi) is 1.90. The monoisotopic (exact) mass is 200 g/mol. The summed E-state index contributed by atoms with van der Waals surface area (Å²) in [7, 11) is 0. The number of nitrogens with zero attached hydrogens (tertiary/aromatic N) is 4. The summed E-state index contributed by atoms with van der Waals surface area (Å²) in [5.41, 5.74) is 0.722. The van der Waals surface area contributed by atoms with E-state index in [9.17, 15) is 0 Å². The molecule has 0 N–H and O–H groups in total. The molecule has 0 atom stereocenters. The Morgan fingerprint density at radius 2 is 2.42 bits per heavy atom. The molecule has 4 nitrogen and oxygen atoms in total. The Balaban J connectivity index is 2.80. The third-order valence-electron chi connectivity index (χ3n) is 1.41. The zero-order valence-electron chi connectivity index (χ0n) is 6.23. The molecule has 6 heteroatoms. The van der Waals surface area contributed by atoms with Gasteiger partial charge in [-0.25, -0.2) is 4.98 Å². The zero-order valence-corrected chi connectivity index (χ0v) is 7.80. The first-order chi connectivity index (χ1) is 5.81. The number of aromatic nitrogens is 4. The van der Waals surface area contributed by atoms with Gasteiger partial charge in [0.25, 0.3) is 0 Å². The molecule has 62 valence electrons. The molecule has 0 spiro atoms. The second kappa shape index (κ2) is 2.91. The van der Waals surface area contributed by atoms with Gasteiger partial charge in [-0.1, -0.05) is 23.4 Å². The Morgan fingerprint density at radius 1 is 1.58 bits per heavy atom. The van der Waals surface area contributed by atoms with Crippen molar-refractivity contribution in [1.82, 2.24) is 19.6 Å². The van der Waals surface area contributed by atoms with Gasteiger partial charge in [-0.05, 0) is 6.26 Å². The van der Waals surface area contributed by atoms with Crippen LogP contribution in [-0.4, -0.2) is 25.8 Å². The molecule has 2 heterocycles. The van der Waals surface area contributed by atoms with Gasteiger partial charge in [0.2, 0.25) is 0 Å². The summed E-state index contributed by atoms with van der Waals surface area (Å²) < 4.78 is 1.79. The fourth-order valence-electron chi connectivity index (χ4n) is 0.918. The lowest BCUT2D eigenvalue weighted by molar-refractivity contribution is 0.900. The number of halogens is 1. The second-order valence-electron chi connectivity index (χ2n) is 2.12. The van der Waals surface area contributed by atoms with Gasteiger partial charge in [0.15, 0.2) is 10.8 Å². The summed E-state index contributed by atoms with van der Waals surface area (Å²) in [5, 5.41) is 8.85. The average molecular weight is 201 g/mol. The van der Waals surface area contributed by atoms with E-state index >= 15 is 0 Å². The van der Waals surface area contributed by atoms with Crippen molar-refractivity contribution in [2.75, 3.05) is 6.26 Å². The van der Waals surface area contributed by atoms with Crippen molar-refractivity contribution < 1.29 is 0 Å². The highest BCUT2D eigenvalue weighted by Gasteiger charge is 2.03.